The van der Waals surface area contributed by atoms with Crippen molar-refractivity contribution in [3.05, 3.63) is 75.8 Å². The van der Waals surface area contributed by atoms with Gasteiger partial charge in [-0.2, -0.15) is 0 Å². The van der Waals surface area contributed by atoms with Gasteiger partial charge in [-0.15, -0.1) is 0 Å². The van der Waals surface area contributed by atoms with Gasteiger partial charge in [0.05, 0.1) is 34.0 Å². The van der Waals surface area contributed by atoms with Crippen molar-refractivity contribution >= 4 is 60.6 Å². The van der Waals surface area contributed by atoms with Gasteiger partial charge < -0.3 is 9.84 Å². The second-order valence-electron chi connectivity index (χ2n) is 6.99. The summed E-state index contributed by atoms with van der Waals surface area (Å²) in [4.78, 5) is 10.5. The number of methoxy groups -OCH3 is 1. The molecule has 0 spiro atoms. The molecule has 0 unspecified atom stereocenters. The van der Waals surface area contributed by atoms with E-state index in [4.69, 9.17) is 27.9 Å². The Morgan fingerprint density at radius 2 is 1.59 bits per heavy atom. The number of ether oxygens (including phenoxy) is 1. The molecule has 0 aliphatic rings. The fourth-order valence-corrected chi connectivity index (χ4v) is 5.58. The van der Waals surface area contributed by atoms with Crippen LogP contribution in [0.1, 0.15) is 15.9 Å². The third-order valence-corrected chi connectivity index (χ3v) is 8.12. The van der Waals surface area contributed by atoms with E-state index in [1.165, 1.54) is 43.5 Å². The van der Waals surface area contributed by atoms with Gasteiger partial charge in [-0.25, -0.2) is 21.6 Å². The fraction of sp³-hybridized carbons (Fsp3) is 0.0952. The number of carboxylic acid groups (broad SMARTS) is 1. The fourth-order valence-electron chi connectivity index (χ4n) is 2.84. The highest BCUT2D eigenvalue weighted by molar-refractivity contribution is 7.93. The molecule has 0 aliphatic carbocycles. The van der Waals surface area contributed by atoms with Crippen LogP contribution in [0.15, 0.2) is 64.4 Å². The molecule has 3 N–H and O–H groups in total. The maximum atomic E-state index is 13.0. The van der Waals surface area contributed by atoms with Gasteiger partial charge in [0.15, 0.2) is 0 Å². The van der Waals surface area contributed by atoms with Crippen LogP contribution in [-0.4, -0.2) is 35.0 Å². The Kier molecular flexibility index (Phi) is 7.32. The summed E-state index contributed by atoms with van der Waals surface area (Å²) in [5.41, 5.74) is 0.442. The van der Waals surface area contributed by atoms with Crippen molar-refractivity contribution in [2.75, 3.05) is 16.6 Å². The van der Waals surface area contributed by atoms with E-state index < -0.39 is 30.9 Å². The van der Waals surface area contributed by atoms with Crippen molar-refractivity contribution in [2.45, 2.75) is 16.7 Å². The Hall–Kier alpha value is -2.99. The minimum atomic E-state index is -4.42. The van der Waals surface area contributed by atoms with Crippen LogP contribution in [0.3, 0.4) is 0 Å². The normalized spacial score (nSPS) is 11.6. The van der Waals surface area contributed by atoms with Crippen molar-refractivity contribution < 1.29 is 31.5 Å². The van der Waals surface area contributed by atoms with Gasteiger partial charge >= 0.3 is 5.97 Å². The van der Waals surface area contributed by atoms with E-state index in [2.05, 4.69) is 9.44 Å². The van der Waals surface area contributed by atoms with Crippen LogP contribution in [0.4, 0.5) is 11.4 Å². The lowest BCUT2D eigenvalue weighted by Crippen LogP contribution is -2.17. The maximum absolute atomic E-state index is 13.0. The quantitative estimate of drug-likeness (QED) is 0.376. The highest BCUT2D eigenvalue weighted by Crippen LogP contribution is 2.32. The zero-order valence-corrected chi connectivity index (χ0v) is 20.8. The molecule has 9 nitrogen and oxygen atoms in total. The van der Waals surface area contributed by atoms with E-state index in [0.29, 0.717) is 5.02 Å². The smallest absolute Gasteiger partial charge is 0.335 e. The number of rotatable bonds is 8. The van der Waals surface area contributed by atoms with Crippen LogP contribution in [0.25, 0.3) is 0 Å². The molecule has 3 rings (SSSR count). The maximum Gasteiger partial charge on any atom is 0.335 e. The molecule has 0 aromatic heterocycles. The van der Waals surface area contributed by atoms with Crippen molar-refractivity contribution in [3.8, 4) is 5.75 Å². The number of sulfonamides is 2. The summed E-state index contributed by atoms with van der Waals surface area (Å²) in [6, 6.07) is 11.3. The first-order valence-corrected chi connectivity index (χ1v) is 13.1. The van der Waals surface area contributed by atoms with Crippen molar-refractivity contribution in [2.24, 2.45) is 0 Å². The van der Waals surface area contributed by atoms with E-state index in [9.17, 15) is 26.7 Å². The molecule has 0 saturated carbocycles. The number of hydrogen-bond donors (Lipinski definition) is 3. The number of carboxylic acids is 1. The summed E-state index contributed by atoms with van der Waals surface area (Å²) in [5.74, 6) is -1.46. The first-order valence-electron chi connectivity index (χ1n) is 9.37. The Labute approximate surface area is 206 Å². The molecule has 0 fully saturated rings. The molecule has 180 valence electrons. The van der Waals surface area contributed by atoms with E-state index in [-0.39, 0.29) is 32.6 Å². The molecule has 3 aromatic carbocycles. The topological polar surface area (TPSA) is 139 Å². The minimum absolute atomic E-state index is 0.0886. The number of carbonyl (C=O) groups is 1. The van der Waals surface area contributed by atoms with Gasteiger partial charge in [-0.3, -0.25) is 9.44 Å². The predicted molar refractivity (Wildman–Crippen MR) is 129 cm³/mol. The van der Waals surface area contributed by atoms with E-state index in [1.54, 1.807) is 13.0 Å². The summed E-state index contributed by atoms with van der Waals surface area (Å²) < 4.78 is 61.3. The molecule has 34 heavy (non-hydrogen) atoms. The summed E-state index contributed by atoms with van der Waals surface area (Å²) in [6.07, 6.45) is 0. The second-order valence-corrected chi connectivity index (χ2v) is 11.1. The first-order chi connectivity index (χ1) is 15.8. The highest BCUT2D eigenvalue weighted by atomic mass is 35.5. The molecule has 13 heteroatoms. The summed E-state index contributed by atoms with van der Waals surface area (Å²) in [6.45, 7) is 1.76. The van der Waals surface area contributed by atoms with E-state index in [0.717, 1.165) is 17.7 Å². The largest absolute Gasteiger partial charge is 0.495 e. The van der Waals surface area contributed by atoms with Gasteiger partial charge in [0, 0.05) is 5.02 Å². The van der Waals surface area contributed by atoms with Crippen molar-refractivity contribution in [1.82, 2.24) is 0 Å². The predicted octanol–water partition coefficient (Wildman–Crippen LogP) is 4.61. The third kappa shape index (κ3) is 5.55. The van der Waals surface area contributed by atoms with Crippen LogP contribution in [0.2, 0.25) is 10.0 Å². The van der Waals surface area contributed by atoms with Gasteiger partial charge in [0.1, 0.15) is 10.6 Å². The third-order valence-electron chi connectivity index (χ3n) is 4.62. The van der Waals surface area contributed by atoms with Gasteiger partial charge in [-0.05, 0) is 61.0 Å². The molecular weight excluding hydrogens is 527 g/mol. The van der Waals surface area contributed by atoms with Gasteiger partial charge in [-0.1, -0.05) is 29.3 Å². The van der Waals surface area contributed by atoms with Crippen LogP contribution < -0.4 is 14.2 Å². The van der Waals surface area contributed by atoms with Crippen LogP contribution in [-0.2, 0) is 20.0 Å². The number of aromatic carboxylic acids is 1. The lowest BCUT2D eigenvalue weighted by molar-refractivity contribution is 0.0696. The molecule has 0 heterocycles. The van der Waals surface area contributed by atoms with Crippen molar-refractivity contribution in [1.29, 1.82) is 0 Å². The number of nitrogens with one attached hydrogen (secondary N) is 2. The summed E-state index contributed by atoms with van der Waals surface area (Å²) in [7, 11) is -7.34. The Bertz CT molecular complexity index is 1490. The number of anilines is 2. The molecule has 0 bridgehead atoms. The van der Waals surface area contributed by atoms with E-state index >= 15 is 0 Å². The van der Waals surface area contributed by atoms with E-state index in [1.807, 2.05) is 0 Å². The molecular formula is C21H18Cl2N2O7S2. The lowest BCUT2D eigenvalue weighted by Gasteiger charge is -2.15. The van der Waals surface area contributed by atoms with Crippen LogP contribution >= 0.6 is 23.2 Å². The summed E-state index contributed by atoms with van der Waals surface area (Å²) >= 11 is 12.2. The number of halogens is 2. The standard InChI is InChI=1S/C21H18Cl2N2O7S2/c1-12-3-5-14(10-17(12)23)24-33(28,29)15-6-7-16(22)18(11-15)25-34(30,31)20-9-13(21(26)27)4-8-19(20)32-2/h3-11,24-25H,1-2H3,(H,26,27). The molecule has 0 saturated heterocycles. The minimum Gasteiger partial charge on any atom is -0.495 e. The molecule has 0 amide bonds. The number of aryl methyl sites for hydroxylation is 1. The first kappa shape index (κ1) is 25.6. The number of hydrogen-bond acceptors (Lipinski definition) is 6. The van der Waals surface area contributed by atoms with Gasteiger partial charge in [0.2, 0.25) is 0 Å². The molecule has 0 aliphatic heterocycles. The monoisotopic (exact) mass is 544 g/mol. The number of benzene rings is 3. The molecule has 0 radical (unpaired) electrons. The SMILES string of the molecule is COc1ccc(C(=O)O)cc1S(=O)(=O)Nc1cc(S(=O)(=O)Nc2ccc(C)c(Cl)c2)ccc1Cl. The van der Waals surface area contributed by atoms with Gasteiger partial charge in [0.25, 0.3) is 20.0 Å². The zero-order chi connectivity index (χ0) is 25.3. The van der Waals surface area contributed by atoms with Crippen LogP contribution in [0, 0.1) is 6.92 Å². The highest BCUT2D eigenvalue weighted by Gasteiger charge is 2.24. The zero-order valence-electron chi connectivity index (χ0n) is 17.7. The molecule has 3 aromatic rings. The molecule has 0 atom stereocenters. The van der Waals surface area contributed by atoms with Crippen molar-refractivity contribution in [3.63, 3.8) is 0 Å². The van der Waals surface area contributed by atoms with Crippen LogP contribution in [0.5, 0.6) is 5.75 Å². The lowest BCUT2D eigenvalue weighted by atomic mass is 10.2. The average molecular weight is 545 g/mol. The second kappa shape index (κ2) is 9.71. The Morgan fingerprint density at radius 1 is 0.882 bits per heavy atom. The Morgan fingerprint density at radius 3 is 2.21 bits per heavy atom. The summed E-state index contributed by atoms with van der Waals surface area (Å²) in [5, 5.41) is 9.47. The Balaban J connectivity index is 1.99. The average Bonchev–Trinajstić information content (AvgIpc) is 2.76.